The molecule has 0 aliphatic carbocycles. The molecule has 41 heavy (non-hydrogen) atoms. The smallest absolute Gasteiger partial charge is 0.490 e. The number of hydrogen-bond donors (Lipinski definition) is 4. The first kappa shape index (κ1) is 31.2. The number of pyridine rings is 1. The van der Waals surface area contributed by atoms with E-state index in [1.54, 1.807) is 12.1 Å². The van der Waals surface area contributed by atoms with Crippen LogP contribution < -0.4 is 15.8 Å². The van der Waals surface area contributed by atoms with Crippen molar-refractivity contribution in [3.05, 3.63) is 70.8 Å². The molecular formula is C30H33F3N4O4. The number of ether oxygens (including phenoxy) is 1. The van der Waals surface area contributed by atoms with Gasteiger partial charge in [0, 0.05) is 6.54 Å². The van der Waals surface area contributed by atoms with Crippen molar-refractivity contribution in [3.8, 4) is 28.8 Å². The predicted molar refractivity (Wildman–Crippen MR) is 148 cm³/mol. The van der Waals surface area contributed by atoms with Gasteiger partial charge in [-0.1, -0.05) is 51.1 Å². The third kappa shape index (κ3) is 8.11. The number of carbonyl (C=O) groups is 1. The van der Waals surface area contributed by atoms with Gasteiger partial charge in [-0.3, -0.25) is 0 Å². The van der Waals surface area contributed by atoms with Crippen molar-refractivity contribution >= 4 is 11.8 Å². The number of carboxylic acids is 1. The Morgan fingerprint density at radius 1 is 1.20 bits per heavy atom. The van der Waals surface area contributed by atoms with Crippen molar-refractivity contribution in [2.45, 2.75) is 57.7 Å². The number of halogens is 3. The topological polar surface area (TPSA) is 141 Å². The number of piperidine rings is 1. The van der Waals surface area contributed by atoms with Gasteiger partial charge in [-0.25, -0.2) is 9.78 Å². The summed E-state index contributed by atoms with van der Waals surface area (Å²) in [6.45, 7) is 8.67. The van der Waals surface area contributed by atoms with E-state index in [4.69, 9.17) is 20.4 Å². The Morgan fingerprint density at radius 3 is 2.39 bits per heavy atom. The standard InChI is InChI=1S/C28H32N4O2.C2HF3O2/c1-28(2,3)20-11-9-18(10-12-20)17-34-25-8-4-7-24(33)26(25)23-14-21(19-6-5-13-31-16-19)22(15-29)27(30)32-23;3-2(4,5)1(6)7/h4,7-12,14,19,31,33H,5-6,13,16-17H2,1-3H3,(H2,30,32);(H,6,7). The number of nitrogens with two attached hydrogens (primary N) is 1. The number of rotatable bonds is 5. The molecule has 1 fully saturated rings. The molecule has 5 N–H and O–H groups in total. The molecule has 8 nitrogen and oxygen atoms in total. The van der Waals surface area contributed by atoms with Gasteiger partial charge < -0.3 is 26.0 Å². The van der Waals surface area contributed by atoms with Crippen molar-refractivity contribution < 1.29 is 32.9 Å². The van der Waals surface area contributed by atoms with Crippen molar-refractivity contribution in [1.82, 2.24) is 10.3 Å². The highest BCUT2D eigenvalue weighted by Gasteiger charge is 2.38. The molecule has 4 rings (SSSR count). The summed E-state index contributed by atoms with van der Waals surface area (Å²) in [5.41, 5.74) is 10.9. The summed E-state index contributed by atoms with van der Waals surface area (Å²) in [7, 11) is 0. The highest BCUT2D eigenvalue weighted by Crippen LogP contribution is 2.40. The van der Waals surface area contributed by atoms with Gasteiger partial charge in [-0.05, 0) is 65.6 Å². The zero-order valence-corrected chi connectivity index (χ0v) is 23.0. The van der Waals surface area contributed by atoms with Crippen LogP contribution in [-0.2, 0) is 16.8 Å². The minimum absolute atomic E-state index is 0.0601. The lowest BCUT2D eigenvalue weighted by Crippen LogP contribution is -2.29. The van der Waals surface area contributed by atoms with Crippen LogP contribution >= 0.6 is 0 Å². The Labute approximate surface area is 236 Å². The van der Waals surface area contributed by atoms with Gasteiger partial charge in [-0.15, -0.1) is 0 Å². The zero-order valence-electron chi connectivity index (χ0n) is 23.0. The van der Waals surface area contributed by atoms with E-state index >= 15 is 0 Å². The number of anilines is 1. The quantitative estimate of drug-likeness (QED) is 0.298. The number of carboxylic acid groups (broad SMARTS) is 1. The van der Waals surface area contributed by atoms with Crippen LogP contribution in [-0.4, -0.2) is 40.4 Å². The molecule has 1 saturated heterocycles. The van der Waals surface area contributed by atoms with Crippen molar-refractivity contribution in [1.29, 1.82) is 5.26 Å². The third-order valence-electron chi connectivity index (χ3n) is 6.64. The first-order valence-corrected chi connectivity index (χ1v) is 13.0. The Kier molecular flexibility index (Phi) is 9.83. The van der Waals surface area contributed by atoms with Gasteiger partial charge in [0.15, 0.2) is 0 Å². The minimum Gasteiger partial charge on any atom is -0.507 e. The molecule has 3 aromatic rings. The van der Waals surface area contributed by atoms with E-state index in [1.807, 2.05) is 12.1 Å². The van der Waals surface area contributed by atoms with Crippen molar-refractivity contribution in [2.75, 3.05) is 18.8 Å². The third-order valence-corrected chi connectivity index (χ3v) is 6.64. The molecule has 1 aromatic heterocycles. The number of aliphatic carboxylic acids is 1. The van der Waals surface area contributed by atoms with Crippen LogP contribution in [0.25, 0.3) is 11.3 Å². The highest BCUT2D eigenvalue weighted by molar-refractivity contribution is 5.76. The van der Waals surface area contributed by atoms with Crippen LogP contribution in [0.15, 0.2) is 48.5 Å². The Balaban J connectivity index is 0.000000587. The second-order valence-electron chi connectivity index (χ2n) is 10.7. The molecule has 11 heteroatoms. The number of alkyl halides is 3. The second-order valence-corrected chi connectivity index (χ2v) is 10.7. The highest BCUT2D eigenvalue weighted by atomic mass is 19.4. The monoisotopic (exact) mass is 570 g/mol. The molecule has 0 radical (unpaired) electrons. The van der Waals surface area contributed by atoms with E-state index in [0.717, 1.165) is 37.1 Å². The zero-order chi connectivity index (χ0) is 30.4. The summed E-state index contributed by atoms with van der Waals surface area (Å²) in [5.74, 6) is -1.84. The first-order chi connectivity index (χ1) is 19.2. The molecule has 0 bridgehead atoms. The van der Waals surface area contributed by atoms with E-state index < -0.39 is 12.1 Å². The molecular weight excluding hydrogens is 537 g/mol. The van der Waals surface area contributed by atoms with Gasteiger partial charge in [0.05, 0.1) is 16.8 Å². The molecule has 2 aromatic carbocycles. The molecule has 1 atom stereocenters. The number of aromatic nitrogens is 1. The van der Waals surface area contributed by atoms with Crippen molar-refractivity contribution in [2.24, 2.45) is 0 Å². The molecule has 1 unspecified atom stereocenters. The number of nitrogens with zero attached hydrogens (tertiary/aromatic N) is 2. The summed E-state index contributed by atoms with van der Waals surface area (Å²) >= 11 is 0. The largest absolute Gasteiger partial charge is 0.507 e. The fourth-order valence-corrected chi connectivity index (χ4v) is 4.43. The molecule has 218 valence electrons. The number of nitrogens with one attached hydrogen (secondary N) is 1. The number of phenolic OH excluding ortho intramolecular Hbond substituents is 1. The second kappa shape index (κ2) is 12.9. The number of benzene rings is 2. The summed E-state index contributed by atoms with van der Waals surface area (Å²) in [5, 5.41) is 31.0. The average molecular weight is 571 g/mol. The molecule has 1 aliphatic heterocycles. The number of phenols is 1. The summed E-state index contributed by atoms with van der Waals surface area (Å²) in [4.78, 5) is 13.4. The number of nitriles is 1. The van der Waals surface area contributed by atoms with Crippen LogP contribution in [0, 0.1) is 11.3 Å². The number of aromatic hydroxyl groups is 1. The van der Waals surface area contributed by atoms with E-state index in [-0.39, 0.29) is 22.9 Å². The molecule has 0 spiro atoms. The molecule has 2 heterocycles. The van der Waals surface area contributed by atoms with Gasteiger partial charge in [0.1, 0.15) is 30.0 Å². The maximum atomic E-state index is 10.7. The van der Waals surface area contributed by atoms with Gasteiger partial charge >= 0.3 is 12.1 Å². The molecule has 1 aliphatic rings. The van der Waals surface area contributed by atoms with Crippen molar-refractivity contribution in [3.63, 3.8) is 0 Å². The van der Waals surface area contributed by atoms with Gasteiger partial charge in [0.2, 0.25) is 0 Å². The summed E-state index contributed by atoms with van der Waals surface area (Å²) in [6.07, 6.45) is -3.08. The first-order valence-electron chi connectivity index (χ1n) is 13.0. The normalized spacial score (nSPS) is 15.3. The van der Waals surface area contributed by atoms with Gasteiger partial charge in [0.25, 0.3) is 0 Å². The summed E-state index contributed by atoms with van der Waals surface area (Å²) < 4.78 is 37.9. The van der Waals surface area contributed by atoms with Gasteiger partial charge in [-0.2, -0.15) is 18.4 Å². The molecule has 0 amide bonds. The summed E-state index contributed by atoms with van der Waals surface area (Å²) in [6, 6.07) is 17.6. The predicted octanol–water partition coefficient (Wildman–Crippen LogP) is 5.88. The van der Waals surface area contributed by atoms with Crippen LogP contribution in [0.2, 0.25) is 0 Å². The molecule has 0 saturated carbocycles. The Bertz CT molecular complexity index is 1410. The Morgan fingerprint density at radius 2 is 1.85 bits per heavy atom. The maximum absolute atomic E-state index is 10.7. The fourth-order valence-electron chi connectivity index (χ4n) is 4.43. The van der Waals surface area contributed by atoms with E-state index in [9.17, 15) is 23.5 Å². The fraction of sp³-hybridized carbons (Fsp3) is 0.367. The lowest BCUT2D eigenvalue weighted by molar-refractivity contribution is -0.192. The Hall–Kier alpha value is -4.30. The SMILES string of the molecule is CC(C)(C)c1ccc(COc2cccc(O)c2-c2cc(C3CCCNC3)c(C#N)c(N)n2)cc1.O=C(O)C(F)(F)F. The number of hydrogen-bond acceptors (Lipinski definition) is 7. The van der Waals surface area contributed by atoms with E-state index in [2.05, 4.69) is 61.4 Å². The van der Waals surface area contributed by atoms with Crippen LogP contribution in [0.4, 0.5) is 19.0 Å². The lowest BCUT2D eigenvalue weighted by Gasteiger charge is -2.25. The number of nitrogen functional groups attached to an aromatic ring is 1. The average Bonchev–Trinajstić information content (AvgIpc) is 2.91. The van der Waals surface area contributed by atoms with Crippen LogP contribution in [0.3, 0.4) is 0 Å². The van der Waals surface area contributed by atoms with Crippen LogP contribution in [0.5, 0.6) is 11.5 Å². The van der Waals surface area contributed by atoms with Crippen LogP contribution in [0.1, 0.15) is 61.8 Å². The maximum Gasteiger partial charge on any atom is 0.490 e. The lowest BCUT2D eigenvalue weighted by atomic mass is 9.87. The minimum atomic E-state index is -5.08. The van der Waals surface area contributed by atoms with E-state index in [0.29, 0.717) is 29.2 Å². The van der Waals surface area contributed by atoms with E-state index in [1.165, 1.54) is 5.56 Å².